The molecule has 1 atom stereocenters. The number of rotatable bonds is 12. The number of aromatic amines is 1. The van der Waals surface area contributed by atoms with Crippen molar-refractivity contribution >= 4 is 60.5 Å². The fourth-order valence-electron chi connectivity index (χ4n) is 3.21. The molecule has 0 fully saturated rings. The van der Waals surface area contributed by atoms with Crippen LogP contribution in [0.3, 0.4) is 0 Å². The average Bonchev–Trinajstić information content (AvgIpc) is 3.37. The van der Waals surface area contributed by atoms with Crippen molar-refractivity contribution in [2.45, 2.75) is 30.6 Å². The Hall–Kier alpha value is -2.01. The summed E-state index contributed by atoms with van der Waals surface area (Å²) in [4.78, 5) is 19.6. The molecule has 0 aliphatic heterocycles. The van der Waals surface area contributed by atoms with Crippen LogP contribution in [0.4, 0.5) is 11.4 Å². The molecule has 2 aromatic carbocycles. The fraction of sp³-hybridized carbons (Fsp3) is 0.304. The maximum atomic E-state index is 13.8. The SMILES string of the molecule is COc1ccc(NC(=O)c2cnc[nH]2)cc1[S+]([O-])N(CCCCCCBr)c1ccc(Br)cc1. The molecule has 10 heteroatoms. The van der Waals surface area contributed by atoms with Gasteiger partial charge >= 0.3 is 0 Å². The normalized spacial score (nSPS) is 11.8. The lowest BCUT2D eigenvalue weighted by atomic mass is 10.2. The second kappa shape index (κ2) is 13.0. The van der Waals surface area contributed by atoms with E-state index in [4.69, 9.17) is 4.74 Å². The number of amides is 1. The molecule has 33 heavy (non-hydrogen) atoms. The largest absolute Gasteiger partial charge is 0.588 e. The zero-order valence-electron chi connectivity index (χ0n) is 18.2. The van der Waals surface area contributed by atoms with Gasteiger partial charge in [-0.05, 0) is 49.2 Å². The summed E-state index contributed by atoms with van der Waals surface area (Å²) >= 11 is 5.38. The number of ether oxygens (including phenoxy) is 1. The summed E-state index contributed by atoms with van der Waals surface area (Å²) < 4.78 is 22.1. The quantitative estimate of drug-likeness (QED) is 0.154. The third-order valence-electron chi connectivity index (χ3n) is 4.91. The maximum absolute atomic E-state index is 13.8. The molecule has 2 N–H and O–H groups in total. The molecular weight excluding hydrogens is 572 g/mol. The molecule has 0 bridgehead atoms. The van der Waals surface area contributed by atoms with Gasteiger partial charge in [0, 0.05) is 21.6 Å². The van der Waals surface area contributed by atoms with Crippen LogP contribution in [-0.4, -0.2) is 39.4 Å². The number of carbonyl (C=O) groups excluding carboxylic acids is 1. The minimum absolute atomic E-state index is 0.328. The van der Waals surface area contributed by atoms with Gasteiger partial charge in [0.2, 0.25) is 4.90 Å². The van der Waals surface area contributed by atoms with Crippen LogP contribution >= 0.6 is 31.9 Å². The number of methoxy groups -OCH3 is 1. The van der Waals surface area contributed by atoms with Crippen LogP contribution in [0.5, 0.6) is 5.75 Å². The fourth-order valence-corrected chi connectivity index (χ4v) is 5.26. The van der Waals surface area contributed by atoms with Crippen LogP contribution in [-0.2, 0) is 11.4 Å². The van der Waals surface area contributed by atoms with Crippen molar-refractivity contribution in [2.24, 2.45) is 0 Å². The van der Waals surface area contributed by atoms with Gasteiger partial charge in [-0.2, -0.15) is 4.31 Å². The van der Waals surface area contributed by atoms with E-state index in [1.54, 1.807) is 25.3 Å². The van der Waals surface area contributed by atoms with E-state index >= 15 is 0 Å². The summed E-state index contributed by atoms with van der Waals surface area (Å²) in [7, 11) is 1.54. The molecule has 0 saturated carbocycles. The van der Waals surface area contributed by atoms with Gasteiger partial charge < -0.3 is 19.6 Å². The molecule has 7 nitrogen and oxygen atoms in total. The Balaban J connectivity index is 1.85. The topological polar surface area (TPSA) is 93.3 Å². The summed E-state index contributed by atoms with van der Waals surface area (Å²) in [6, 6.07) is 12.9. The smallest absolute Gasteiger partial charge is 0.273 e. The van der Waals surface area contributed by atoms with Crippen LogP contribution in [0.2, 0.25) is 0 Å². The van der Waals surface area contributed by atoms with Crippen LogP contribution in [0.15, 0.2) is 64.4 Å². The number of benzene rings is 2. The summed E-state index contributed by atoms with van der Waals surface area (Å²) in [6.45, 7) is 0.629. The van der Waals surface area contributed by atoms with Gasteiger partial charge in [-0.15, -0.1) is 0 Å². The van der Waals surface area contributed by atoms with E-state index in [1.165, 1.54) is 12.5 Å². The Bertz CT molecular complexity index is 1020. The van der Waals surface area contributed by atoms with Crippen molar-refractivity contribution in [1.29, 1.82) is 0 Å². The summed E-state index contributed by atoms with van der Waals surface area (Å²) in [5.41, 5.74) is 1.71. The number of carbonyl (C=O) groups is 1. The van der Waals surface area contributed by atoms with Crippen molar-refractivity contribution in [2.75, 3.05) is 28.6 Å². The van der Waals surface area contributed by atoms with Gasteiger partial charge in [0.05, 0.1) is 31.9 Å². The number of nitrogens with zero attached hydrogens (tertiary/aromatic N) is 2. The highest BCUT2D eigenvalue weighted by Gasteiger charge is 2.27. The first-order valence-corrected chi connectivity index (χ1v) is 13.5. The van der Waals surface area contributed by atoms with Gasteiger partial charge in [0.15, 0.2) is 5.75 Å². The van der Waals surface area contributed by atoms with Crippen molar-refractivity contribution in [3.8, 4) is 5.75 Å². The molecule has 0 aliphatic carbocycles. The van der Waals surface area contributed by atoms with Crippen molar-refractivity contribution in [3.05, 3.63) is 65.2 Å². The number of H-pyrrole nitrogens is 1. The Kier molecular flexibility index (Phi) is 10.1. The summed E-state index contributed by atoms with van der Waals surface area (Å²) in [6.07, 6.45) is 7.08. The number of unbranched alkanes of at least 4 members (excludes halogenated alkanes) is 3. The molecule has 1 amide bonds. The van der Waals surface area contributed by atoms with E-state index in [-0.39, 0.29) is 5.91 Å². The van der Waals surface area contributed by atoms with E-state index in [0.29, 0.717) is 28.6 Å². The Morgan fingerprint density at radius 3 is 2.61 bits per heavy atom. The van der Waals surface area contributed by atoms with E-state index < -0.39 is 11.4 Å². The first-order valence-electron chi connectivity index (χ1n) is 10.5. The first kappa shape index (κ1) is 25.6. The second-order valence-corrected chi connectivity index (χ2v) is 10.3. The average molecular weight is 598 g/mol. The molecule has 1 heterocycles. The zero-order valence-corrected chi connectivity index (χ0v) is 22.2. The minimum Gasteiger partial charge on any atom is -0.588 e. The molecule has 0 saturated heterocycles. The van der Waals surface area contributed by atoms with Crippen molar-refractivity contribution < 1.29 is 14.1 Å². The van der Waals surface area contributed by atoms with Gasteiger partial charge in [-0.1, -0.05) is 44.7 Å². The number of imidazole rings is 1. The van der Waals surface area contributed by atoms with Gasteiger partial charge in [0.1, 0.15) is 17.1 Å². The number of anilines is 2. The third kappa shape index (κ3) is 7.23. The highest BCUT2D eigenvalue weighted by Crippen LogP contribution is 2.33. The number of alkyl halides is 1. The lowest BCUT2D eigenvalue weighted by molar-refractivity contribution is 0.102. The van der Waals surface area contributed by atoms with Gasteiger partial charge in [-0.25, -0.2) is 4.98 Å². The van der Waals surface area contributed by atoms with Crippen LogP contribution in [0, 0.1) is 0 Å². The Morgan fingerprint density at radius 2 is 1.94 bits per heavy atom. The molecule has 3 aromatic rings. The molecule has 0 spiro atoms. The predicted molar refractivity (Wildman–Crippen MR) is 140 cm³/mol. The maximum Gasteiger partial charge on any atom is 0.273 e. The van der Waals surface area contributed by atoms with Crippen LogP contribution < -0.4 is 14.4 Å². The number of aromatic nitrogens is 2. The number of hydrogen-bond donors (Lipinski definition) is 2. The van der Waals surface area contributed by atoms with Gasteiger partial charge in [-0.3, -0.25) is 4.79 Å². The standard InChI is InChI=1S/C23H26Br2N4O3S/c1-32-21-11-8-18(28-23(30)20-15-26-16-27-20)14-22(21)33(31)29(13-5-3-2-4-12-24)19-9-6-17(25)7-10-19/h6-11,14-16H,2-5,12-13H2,1H3,(H,26,27)(H,28,30). The highest BCUT2D eigenvalue weighted by atomic mass is 79.9. The summed E-state index contributed by atoms with van der Waals surface area (Å²) in [5, 5.41) is 3.80. The monoisotopic (exact) mass is 596 g/mol. The zero-order chi connectivity index (χ0) is 23.6. The third-order valence-corrected chi connectivity index (χ3v) is 7.49. The molecule has 3 rings (SSSR count). The van der Waals surface area contributed by atoms with Crippen LogP contribution in [0.25, 0.3) is 0 Å². The highest BCUT2D eigenvalue weighted by molar-refractivity contribution is 9.10. The van der Waals surface area contributed by atoms with Gasteiger partial charge in [0.25, 0.3) is 5.91 Å². The van der Waals surface area contributed by atoms with E-state index in [0.717, 1.165) is 41.2 Å². The van der Waals surface area contributed by atoms with Crippen molar-refractivity contribution in [3.63, 3.8) is 0 Å². The number of hydrogen-bond acceptors (Lipinski definition) is 5. The lowest BCUT2D eigenvalue weighted by Gasteiger charge is -2.27. The summed E-state index contributed by atoms with van der Waals surface area (Å²) in [5.74, 6) is 0.167. The van der Waals surface area contributed by atoms with E-state index in [9.17, 15) is 9.35 Å². The van der Waals surface area contributed by atoms with Crippen molar-refractivity contribution in [1.82, 2.24) is 9.97 Å². The second-order valence-electron chi connectivity index (χ2n) is 7.22. The molecule has 1 aromatic heterocycles. The van der Waals surface area contributed by atoms with E-state index in [1.807, 2.05) is 28.6 Å². The molecule has 1 unspecified atom stereocenters. The minimum atomic E-state index is -1.55. The predicted octanol–water partition coefficient (Wildman–Crippen LogP) is 5.92. The lowest BCUT2D eigenvalue weighted by Crippen LogP contribution is -2.32. The molecule has 0 radical (unpaired) electrons. The Labute approximate surface area is 213 Å². The van der Waals surface area contributed by atoms with E-state index in [2.05, 4.69) is 47.1 Å². The first-order chi connectivity index (χ1) is 16.0. The number of nitrogens with one attached hydrogen (secondary N) is 2. The molecule has 0 aliphatic rings. The van der Waals surface area contributed by atoms with Crippen LogP contribution in [0.1, 0.15) is 36.2 Å². The number of halogens is 2. The molecule has 176 valence electrons. The Morgan fingerprint density at radius 1 is 1.18 bits per heavy atom. The molecular formula is C23H26Br2N4O3S.